The minimum Gasteiger partial charge on any atom is -0.402 e. The third-order valence-corrected chi connectivity index (χ3v) is 3.22. The van der Waals surface area contributed by atoms with Crippen molar-refractivity contribution in [1.29, 1.82) is 0 Å². The van der Waals surface area contributed by atoms with Gasteiger partial charge in [-0.2, -0.15) is 0 Å². The van der Waals surface area contributed by atoms with Gasteiger partial charge in [0.05, 0.1) is 5.82 Å². The third-order valence-electron chi connectivity index (χ3n) is 3.22. The quantitative estimate of drug-likeness (QED) is 0.339. The zero-order valence-corrected chi connectivity index (χ0v) is 13.8. The maximum absolute atomic E-state index is 7.17. The van der Waals surface area contributed by atoms with Gasteiger partial charge in [-0.3, -0.25) is 5.73 Å². The van der Waals surface area contributed by atoms with Crippen LogP contribution in [-0.2, 0) is 0 Å². The maximum Gasteiger partial charge on any atom is 0.631 e. The average Bonchev–Trinajstić information content (AvgIpc) is 2.61. The normalized spacial score (nSPS) is 18.9. The fourth-order valence-corrected chi connectivity index (χ4v) is 2.19. The number of nitrogens with two attached hydrogens (primary N) is 2. The molecular formula is C16H19BN6O3. The first-order valence-corrected chi connectivity index (χ1v) is 7.59. The molecule has 8 N–H and O–H groups in total. The molecule has 0 radical (unpaired) electrons. The number of aromatic nitrogens is 1. The molecule has 26 heavy (non-hydrogen) atoms. The highest BCUT2D eigenvalue weighted by Gasteiger charge is 2.33. The van der Waals surface area contributed by atoms with Crippen molar-refractivity contribution in [2.24, 2.45) is 21.7 Å². The molecule has 0 saturated carbocycles. The van der Waals surface area contributed by atoms with E-state index in [0.29, 0.717) is 11.6 Å². The Kier molecular flexibility index (Phi) is 6.58. The smallest absolute Gasteiger partial charge is 0.402 e. The number of allylic oxidation sites excluding steroid dienone is 2. The zero-order valence-electron chi connectivity index (χ0n) is 13.8. The SMILES string of the molecule is NC1=CC=C(c2ccccc2)C(N)(N=Nc2ccccn2)N1.OB(O)O. The Bertz CT molecular complexity index is 795. The number of dihydropyridines is 1. The Labute approximate surface area is 150 Å². The number of nitrogens with one attached hydrogen (secondary N) is 1. The Hall–Kier alpha value is -3.05. The topological polar surface area (TPSA) is 162 Å². The van der Waals surface area contributed by atoms with Crippen molar-refractivity contribution >= 4 is 18.7 Å². The van der Waals surface area contributed by atoms with E-state index in [9.17, 15) is 0 Å². The van der Waals surface area contributed by atoms with Crippen LogP contribution in [0.2, 0.25) is 0 Å². The molecule has 1 aromatic heterocycles. The van der Waals surface area contributed by atoms with Gasteiger partial charge in [-0.05, 0) is 29.8 Å². The molecule has 0 amide bonds. The summed E-state index contributed by atoms with van der Waals surface area (Å²) in [7, 11) is -2.17. The van der Waals surface area contributed by atoms with Gasteiger partial charge in [0.25, 0.3) is 0 Å². The Morgan fingerprint density at radius 1 is 1.00 bits per heavy atom. The van der Waals surface area contributed by atoms with Gasteiger partial charge in [0, 0.05) is 11.8 Å². The van der Waals surface area contributed by atoms with Crippen molar-refractivity contribution in [1.82, 2.24) is 10.3 Å². The van der Waals surface area contributed by atoms with E-state index in [4.69, 9.17) is 26.5 Å². The molecule has 0 spiro atoms. The third kappa shape index (κ3) is 5.50. The summed E-state index contributed by atoms with van der Waals surface area (Å²) in [5.41, 5.74) is 13.9. The van der Waals surface area contributed by atoms with Crippen molar-refractivity contribution in [3.05, 3.63) is 78.3 Å². The summed E-state index contributed by atoms with van der Waals surface area (Å²) < 4.78 is 0. The summed E-state index contributed by atoms with van der Waals surface area (Å²) in [6, 6.07) is 15.1. The Morgan fingerprint density at radius 2 is 1.65 bits per heavy atom. The molecule has 10 heteroatoms. The Balaban J connectivity index is 0.000000552. The number of azo groups is 1. The van der Waals surface area contributed by atoms with Gasteiger partial charge in [-0.25, -0.2) is 4.98 Å². The van der Waals surface area contributed by atoms with Crippen molar-refractivity contribution in [3.63, 3.8) is 0 Å². The Morgan fingerprint density at radius 3 is 2.27 bits per heavy atom. The molecule has 0 aliphatic carbocycles. The molecule has 1 unspecified atom stereocenters. The summed E-state index contributed by atoms with van der Waals surface area (Å²) in [5.74, 6) is -0.325. The second kappa shape index (κ2) is 8.88. The first-order chi connectivity index (χ1) is 12.4. The molecular weight excluding hydrogens is 335 g/mol. The van der Waals surface area contributed by atoms with Gasteiger partial charge in [0.2, 0.25) is 5.79 Å². The molecule has 1 aromatic carbocycles. The highest BCUT2D eigenvalue weighted by atomic mass is 16.5. The van der Waals surface area contributed by atoms with Crippen LogP contribution >= 0.6 is 0 Å². The minimum absolute atomic E-state index is 0.433. The van der Waals surface area contributed by atoms with Crippen LogP contribution in [0.25, 0.3) is 5.57 Å². The lowest BCUT2D eigenvalue weighted by Crippen LogP contribution is -2.54. The summed E-state index contributed by atoms with van der Waals surface area (Å²) in [6.07, 6.45) is 5.25. The molecule has 134 valence electrons. The van der Waals surface area contributed by atoms with Crippen molar-refractivity contribution in [2.45, 2.75) is 5.79 Å². The number of rotatable bonds is 3. The van der Waals surface area contributed by atoms with Crippen LogP contribution in [0.1, 0.15) is 5.56 Å². The first-order valence-electron chi connectivity index (χ1n) is 7.59. The number of nitrogens with zero attached hydrogens (tertiary/aromatic N) is 3. The molecule has 2 heterocycles. The van der Waals surface area contributed by atoms with E-state index in [2.05, 4.69) is 20.5 Å². The standard InChI is InChI=1S/C16H16N6.BH3O3/c17-14-10-9-13(12-6-2-1-3-7-12)16(18,20-14)22-21-15-8-4-5-11-19-15;2-1(3)4/h1-11,20H,17-18H2;2-4H. The molecule has 1 aliphatic rings. The fourth-order valence-electron chi connectivity index (χ4n) is 2.19. The lowest BCUT2D eigenvalue weighted by Gasteiger charge is -2.31. The van der Waals surface area contributed by atoms with Gasteiger partial charge < -0.3 is 26.1 Å². The lowest BCUT2D eigenvalue weighted by molar-refractivity contribution is 0.278. The predicted octanol–water partition coefficient (Wildman–Crippen LogP) is 0.213. The fraction of sp³-hybridized carbons (Fsp3) is 0.0625. The molecule has 2 aromatic rings. The van der Waals surface area contributed by atoms with Gasteiger partial charge in [-0.1, -0.05) is 36.4 Å². The first kappa shape index (κ1) is 19.3. The van der Waals surface area contributed by atoms with E-state index in [0.717, 1.165) is 11.1 Å². The zero-order chi connectivity index (χ0) is 19.0. The van der Waals surface area contributed by atoms with E-state index in [1.807, 2.05) is 48.5 Å². The molecule has 0 fully saturated rings. The number of hydrogen-bond acceptors (Lipinski definition) is 9. The number of hydrogen-bond donors (Lipinski definition) is 6. The summed E-state index contributed by atoms with van der Waals surface area (Å²) >= 11 is 0. The molecule has 9 nitrogen and oxygen atoms in total. The number of pyridine rings is 1. The van der Waals surface area contributed by atoms with Gasteiger partial charge in [0.1, 0.15) is 0 Å². The van der Waals surface area contributed by atoms with Crippen LogP contribution in [0.3, 0.4) is 0 Å². The molecule has 0 saturated heterocycles. The summed E-state index contributed by atoms with van der Waals surface area (Å²) in [5, 5.41) is 32.8. The van der Waals surface area contributed by atoms with Gasteiger partial charge in [0.15, 0.2) is 5.82 Å². The van der Waals surface area contributed by atoms with Crippen LogP contribution in [0.4, 0.5) is 5.82 Å². The lowest BCUT2D eigenvalue weighted by atomic mass is 9.97. The molecule has 0 bridgehead atoms. The highest BCUT2D eigenvalue weighted by molar-refractivity contribution is 6.30. The average molecular weight is 354 g/mol. The molecule has 1 aliphatic heterocycles. The molecule has 1 atom stereocenters. The van der Waals surface area contributed by atoms with E-state index < -0.39 is 13.1 Å². The van der Waals surface area contributed by atoms with E-state index in [1.54, 1.807) is 18.3 Å². The largest absolute Gasteiger partial charge is 0.631 e. The van der Waals surface area contributed by atoms with Gasteiger partial charge >= 0.3 is 7.32 Å². The maximum atomic E-state index is 7.17. The van der Waals surface area contributed by atoms with Gasteiger partial charge in [-0.15, -0.1) is 10.2 Å². The van der Waals surface area contributed by atoms with Crippen molar-refractivity contribution in [3.8, 4) is 0 Å². The second-order valence-corrected chi connectivity index (χ2v) is 5.19. The highest BCUT2D eigenvalue weighted by Crippen LogP contribution is 2.29. The van der Waals surface area contributed by atoms with E-state index in [1.165, 1.54) is 0 Å². The second-order valence-electron chi connectivity index (χ2n) is 5.19. The minimum atomic E-state index is -2.17. The molecule has 3 rings (SSSR count). The summed E-state index contributed by atoms with van der Waals surface area (Å²) in [4.78, 5) is 4.10. The van der Waals surface area contributed by atoms with Crippen LogP contribution in [0.15, 0.2) is 82.9 Å². The van der Waals surface area contributed by atoms with Crippen molar-refractivity contribution in [2.75, 3.05) is 0 Å². The predicted molar refractivity (Wildman–Crippen MR) is 97.9 cm³/mol. The van der Waals surface area contributed by atoms with Crippen LogP contribution < -0.4 is 16.8 Å². The van der Waals surface area contributed by atoms with Crippen molar-refractivity contribution < 1.29 is 15.1 Å². The van der Waals surface area contributed by atoms with Crippen LogP contribution in [-0.4, -0.2) is 33.2 Å². The summed E-state index contributed by atoms with van der Waals surface area (Å²) in [6.45, 7) is 0. The number of benzene rings is 1. The van der Waals surface area contributed by atoms with E-state index >= 15 is 0 Å². The van der Waals surface area contributed by atoms with Crippen LogP contribution in [0, 0.1) is 0 Å². The van der Waals surface area contributed by atoms with Crippen LogP contribution in [0.5, 0.6) is 0 Å². The van der Waals surface area contributed by atoms with E-state index in [-0.39, 0.29) is 0 Å². The monoisotopic (exact) mass is 354 g/mol.